The van der Waals surface area contributed by atoms with Crippen molar-refractivity contribution < 1.29 is 14.6 Å². The van der Waals surface area contributed by atoms with E-state index in [1.165, 1.54) is 0 Å². The molecule has 35 heavy (non-hydrogen) atoms. The lowest BCUT2D eigenvalue weighted by Gasteiger charge is -2.34. The average molecular weight is 469 g/mol. The molecule has 1 aliphatic rings. The van der Waals surface area contributed by atoms with Gasteiger partial charge in [-0.1, -0.05) is 60.2 Å². The van der Waals surface area contributed by atoms with Gasteiger partial charge in [0, 0.05) is 11.5 Å². The number of aliphatic hydroxyl groups is 1. The Kier molecular flexibility index (Phi) is 6.11. The van der Waals surface area contributed by atoms with Gasteiger partial charge in [0.2, 0.25) is 5.91 Å². The van der Waals surface area contributed by atoms with Crippen molar-refractivity contribution in [2.45, 2.75) is 32.0 Å². The number of aliphatic hydroxyl groups excluding tert-OH is 1. The maximum Gasteiger partial charge on any atom is 0.243 e. The molecular formula is C28H28N4O3. The van der Waals surface area contributed by atoms with Gasteiger partial charge in [-0.15, -0.1) is 0 Å². The van der Waals surface area contributed by atoms with Gasteiger partial charge in [0.05, 0.1) is 18.5 Å². The third-order valence-electron chi connectivity index (χ3n) is 6.45. The smallest absolute Gasteiger partial charge is 0.243 e. The highest BCUT2D eigenvalue weighted by Crippen LogP contribution is 2.41. The zero-order valence-corrected chi connectivity index (χ0v) is 19.9. The lowest BCUT2D eigenvalue weighted by molar-refractivity contribution is -0.119. The van der Waals surface area contributed by atoms with Crippen LogP contribution in [0.25, 0.3) is 5.69 Å². The monoisotopic (exact) mass is 468 g/mol. The summed E-state index contributed by atoms with van der Waals surface area (Å²) in [6.07, 6.45) is -1.02. The summed E-state index contributed by atoms with van der Waals surface area (Å²) in [5, 5.41) is 22.0. The molecule has 1 aliphatic heterocycles. The molecule has 1 unspecified atom stereocenters. The number of amides is 1. The van der Waals surface area contributed by atoms with E-state index >= 15 is 0 Å². The Morgan fingerprint density at radius 1 is 1.03 bits per heavy atom. The number of hydrogen-bond acceptors (Lipinski definition) is 5. The van der Waals surface area contributed by atoms with E-state index in [1.807, 2.05) is 92.7 Å². The van der Waals surface area contributed by atoms with Crippen LogP contribution in [0.3, 0.4) is 0 Å². The van der Waals surface area contributed by atoms with Crippen molar-refractivity contribution in [1.82, 2.24) is 15.1 Å². The van der Waals surface area contributed by atoms with Gasteiger partial charge in [-0.25, -0.2) is 4.68 Å². The minimum atomic E-state index is -1.02. The summed E-state index contributed by atoms with van der Waals surface area (Å²) in [5.74, 6) is 0.765. The number of nitrogens with one attached hydrogen (secondary N) is 2. The van der Waals surface area contributed by atoms with Gasteiger partial charge in [-0.3, -0.25) is 10.1 Å². The number of anilines is 1. The van der Waals surface area contributed by atoms with Gasteiger partial charge in [-0.05, 0) is 49.2 Å². The maximum atomic E-state index is 13.5. The van der Waals surface area contributed by atoms with Crippen LogP contribution in [0.1, 0.15) is 40.1 Å². The van der Waals surface area contributed by atoms with E-state index in [4.69, 9.17) is 9.84 Å². The van der Waals surface area contributed by atoms with E-state index in [1.54, 1.807) is 11.8 Å². The van der Waals surface area contributed by atoms with Gasteiger partial charge < -0.3 is 15.2 Å². The molecule has 7 nitrogen and oxygen atoms in total. The van der Waals surface area contributed by atoms with Crippen molar-refractivity contribution in [2.24, 2.45) is 0 Å². The highest BCUT2D eigenvalue weighted by atomic mass is 16.5. The highest BCUT2D eigenvalue weighted by molar-refractivity contribution is 5.99. The summed E-state index contributed by atoms with van der Waals surface area (Å²) in [6.45, 7) is 3.91. The molecule has 1 amide bonds. The average Bonchev–Trinajstić information content (AvgIpc) is 3.20. The van der Waals surface area contributed by atoms with E-state index in [2.05, 4.69) is 10.6 Å². The summed E-state index contributed by atoms with van der Waals surface area (Å²) >= 11 is 0. The number of ether oxygens (including phenoxy) is 1. The largest absolute Gasteiger partial charge is 0.497 e. The SMILES string of the molecule is COc1ccc([C@@H]2c3c(C)nn(-c4ccccc4)c3NC(=O)[C@H]2NC(O)c2cccc(C)c2)cc1. The van der Waals surface area contributed by atoms with Gasteiger partial charge in [0.25, 0.3) is 0 Å². The van der Waals surface area contributed by atoms with E-state index in [0.717, 1.165) is 33.8 Å². The molecule has 0 bridgehead atoms. The first-order valence-electron chi connectivity index (χ1n) is 11.6. The van der Waals surface area contributed by atoms with E-state index in [9.17, 15) is 9.90 Å². The molecule has 1 aromatic heterocycles. The van der Waals surface area contributed by atoms with Crippen LogP contribution < -0.4 is 15.4 Å². The van der Waals surface area contributed by atoms with Crippen LogP contribution >= 0.6 is 0 Å². The van der Waals surface area contributed by atoms with Crippen molar-refractivity contribution in [1.29, 1.82) is 0 Å². The molecule has 3 atom stereocenters. The standard InChI is InChI=1S/C28H28N4O3/c1-17-8-7-9-20(16-17)27(33)29-25-24(19-12-14-22(35-3)15-13-19)23-18(2)31-32(26(23)30-28(25)34)21-10-5-4-6-11-21/h4-16,24-25,27,29,33H,1-3H3,(H,30,34)/t24-,25+,27?/m1/s1. The van der Waals surface area contributed by atoms with Gasteiger partial charge >= 0.3 is 0 Å². The summed E-state index contributed by atoms with van der Waals surface area (Å²) in [7, 11) is 1.62. The molecule has 4 aromatic rings. The Hall–Kier alpha value is -3.94. The number of rotatable bonds is 6. The van der Waals surface area contributed by atoms with E-state index < -0.39 is 12.3 Å². The fraction of sp³-hybridized carbons (Fsp3) is 0.214. The first kappa shape index (κ1) is 22.8. The third-order valence-corrected chi connectivity index (χ3v) is 6.45. The molecule has 3 N–H and O–H groups in total. The molecule has 5 rings (SSSR count). The van der Waals surface area contributed by atoms with Gasteiger partial charge in [0.1, 0.15) is 23.8 Å². The Labute approximate surface area is 204 Å². The van der Waals surface area contributed by atoms with Crippen LogP contribution in [0.4, 0.5) is 5.82 Å². The molecule has 3 aromatic carbocycles. The van der Waals surface area contributed by atoms with Crippen LogP contribution in [-0.2, 0) is 4.79 Å². The summed E-state index contributed by atoms with van der Waals surface area (Å²) < 4.78 is 7.11. The van der Waals surface area contributed by atoms with Gasteiger partial charge in [-0.2, -0.15) is 5.10 Å². The second-order valence-electron chi connectivity index (χ2n) is 8.80. The zero-order valence-electron chi connectivity index (χ0n) is 19.9. The number of aryl methyl sites for hydroxylation is 2. The summed E-state index contributed by atoms with van der Waals surface area (Å²) in [5.41, 5.74) is 5.23. The Bertz CT molecular complexity index is 1350. The topological polar surface area (TPSA) is 88.4 Å². The van der Waals surface area contributed by atoms with E-state index in [0.29, 0.717) is 11.4 Å². The Morgan fingerprint density at radius 2 is 1.77 bits per heavy atom. The van der Waals surface area contributed by atoms with Crippen LogP contribution in [0.2, 0.25) is 0 Å². The van der Waals surface area contributed by atoms with Crippen LogP contribution in [0.15, 0.2) is 78.9 Å². The molecular weight excluding hydrogens is 440 g/mol. The first-order valence-corrected chi connectivity index (χ1v) is 11.6. The number of para-hydroxylation sites is 1. The molecule has 0 aliphatic carbocycles. The maximum absolute atomic E-state index is 13.5. The molecule has 0 fully saturated rings. The van der Waals surface area contributed by atoms with Crippen molar-refractivity contribution in [3.63, 3.8) is 0 Å². The van der Waals surface area contributed by atoms with Crippen molar-refractivity contribution in [2.75, 3.05) is 12.4 Å². The second-order valence-corrected chi connectivity index (χ2v) is 8.80. The number of nitrogens with zero attached hydrogens (tertiary/aromatic N) is 2. The number of hydrogen-bond donors (Lipinski definition) is 3. The summed E-state index contributed by atoms with van der Waals surface area (Å²) in [4.78, 5) is 13.5. The minimum Gasteiger partial charge on any atom is -0.497 e. The number of aromatic nitrogens is 2. The number of carbonyl (C=O) groups excluding carboxylic acids is 1. The number of benzene rings is 3. The number of fused-ring (bicyclic) bond motifs is 1. The third kappa shape index (κ3) is 4.32. The van der Waals surface area contributed by atoms with Crippen molar-refractivity contribution >= 4 is 11.7 Å². The predicted octanol–water partition coefficient (Wildman–Crippen LogP) is 4.23. The van der Waals surface area contributed by atoms with Crippen LogP contribution in [-0.4, -0.2) is 33.9 Å². The fourth-order valence-electron chi connectivity index (χ4n) is 4.75. The lowest BCUT2D eigenvalue weighted by Crippen LogP contribution is -2.49. The van der Waals surface area contributed by atoms with Crippen LogP contribution in [0, 0.1) is 13.8 Å². The van der Waals surface area contributed by atoms with Crippen molar-refractivity contribution in [3.05, 3.63) is 107 Å². The molecule has 2 heterocycles. The first-order chi connectivity index (χ1) is 17.0. The normalized spacial score (nSPS) is 18.0. The molecule has 0 saturated carbocycles. The molecule has 0 spiro atoms. The quantitative estimate of drug-likeness (QED) is 0.369. The predicted molar refractivity (Wildman–Crippen MR) is 135 cm³/mol. The zero-order chi connectivity index (χ0) is 24.5. The Morgan fingerprint density at radius 3 is 2.46 bits per heavy atom. The highest BCUT2D eigenvalue weighted by Gasteiger charge is 2.41. The molecule has 0 radical (unpaired) electrons. The van der Waals surface area contributed by atoms with Crippen LogP contribution in [0.5, 0.6) is 5.75 Å². The summed E-state index contributed by atoms with van der Waals surface area (Å²) in [6, 6.07) is 24.3. The molecule has 7 heteroatoms. The second kappa shape index (κ2) is 9.37. The fourth-order valence-corrected chi connectivity index (χ4v) is 4.75. The van der Waals surface area contributed by atoms with Gasteiger partial charge in [0.15, 0.2) is 0 Å². The number of carbonyl (C=O) groups is 1. The lowest BCUT2D eigenvalue weighted by atomic mass is 9.81. The van der Waals surface area contributed by atoms with Crippen molar-refractivity contribution in [3.8, 4) is 11.4 Å². The number of methoxy groups -OCH3 is 1. The van der Waals surface area contributed by atoms with E-state index in [-0.39, 0.29) is 11.8 Å². The minimum absolute atomic E-state index is 0.234. The Balaban J connectivity index is 1.61. The molecule has 178 valence electrons. The molecule has 0 saturated heterocycles.